The van der Waals surface area contributed by atoms with Crippen LogP contribution in [0.15, 0.2) is 85.1 Å². The van der Waals surface area contributed by atoms with Crippen molar-refractivity contribution < 1.29 is 52.2 Å². The molecular formula is C54H91O11P. The zero-order valence-electron chi connectivity index (χ0n) is 41.4. The SMILES string of the molecule is CC/C=C\C/C=C\C/C=C\C/C=C\CCC(=O)OC(CO)COP(=O)(O)OCC(COC(=O)CCCCCCC/C=C\CCCC)OC(=O)CCCCCCC/C=C\C/C=C\CCCCC. The smallest absolute Gasteiger partial charge is 0.462 e. The first kappa shape index (κ1) is 62.7. The van der Waals surface area contributed by atoms with Gasteiger partial charge in [0.25, 0.3) is 0 Å². The van der Waals surface area contributed by atoms with Gasteiger partial charge < -0.3 is 24.2 Å². The maximum Gasteiger partial charge on any atom is 0.472 e. The van der Waals surface area contributed by atoms with Crippen molar-refractivity contribution in [2.45, 2.75) is 213 Å². The molecule has 3 atom stereocenters. The number of unbranched alkanes of at least 4 members (excludes halogenated alkanes) is 15. The molecule has 0 bridgehead atoms. The second-order valence-corrected chi connectivity index (χ2v) is 18.0. The largest absolute Gasteiger partial charge is 0.472 e. The molecule has 0 saturated carbocycles. The molecule has 12 heteroatoms. The second-order valence-electron chi connectivity index (χ2n) is 16.6. The monoisotopic (exact) mass is 947 g/mol. The van der Waals surface area contributed by atoms with E-state index in [0.717, 1.165) is 109 Å². The molecule has 0 radical (unpaired) electrons. The van der Waals surface area contributed by atoms with Crippen molar-refractivity contribution in [2.24, 2.45) is 0 Å². The summed E-state index contributed by atoms with van der Waals surface area (Å²) < 4.78 is 39.2. The molecule has 0 aromatic heterocycles. The minimum absolute atomic E-state index is 0.0516. The van der Waals surface area contributed by atoms with E-state index in [1.54, 1.807) is 0 Å². The Morgan fingerprint density at radius 1 is 0.439 bits per heavy atom. The topological polar surface area (TPSA) is 155 Å². The Balaban J connectivity index is 4.84. The maximum absolute atomic E-state index is 12.8. The third-order valence-corrected chi connectivity index (χ3v) is 11.2. The highest BCUT2D eigenvalue weighted by molar-refractivity contribution is 7.47. The van der Waals surface area contributed by atoms with Gasteiger partial charge in [0.05, 0.1) is 19.8 Å². The van der Waals surface area contributed by atoms with E-state index >= 15 is 0 Å². The third-order valence-electron chi connectivity index (χ3n) is 10.3. The predicted octanol–water partition coefficient (Wildman–Crippen LogP) is 14.4. The van der Waals surface area contributed by atoms with Gasteiger partial charge in [-0.2, -0.15) is 0 Å². The number of ether oxygens (including phenoxy) is 3. The van der Waals surface area contributed by atoms with Gasteiger partial charge in [0.1, 0.15) is 12.7 Å². The van der Waals surface area contributed by atoms with Crippen molar-refractivity contribution in [3.8, 4) is 0 Å². The van der Waals surface area contributed by atoms with Crippen molar-refractivity contribution >= 4 is 25.7 Å². The Kier molecular flexibility index (Phi) is 45.7. The summed E-state index contributed by atoms with van der Waals surface area (Å²) >= 11 is 0. The summed E-state index contributed by atoms with van der Waals surface area (Å²) in [7, 11) is -4.76. The molecule has 11 nitrogen and oxygen atoms in total. The average molecular weight is 947 g/mol. The van der Waals surface area contributed by atoms with Gasteiger partial charge in [0, 0.05) is 19.3 Å². The number of aliphatic hydroxyl groups is 1. The summed E-state index contributed by atoms with van der Waals surface area (Å²) in [5.74, 6) is -1.59. The molecule has 0 aromatic carbocycles. The third kappa shape index (κ3) is 45.8. The van der Waals surface area contributed by atoms with Crippen LogP contribution in [0.4, 0.5) is 0 Å². The van der Waals surface area contributed by atoms with Gasteiger partial charge in [0.2, 0.25) is 0 Å². The van der Waals surface area contributed by atoms with E-state index in [-0.39, 0.29) is 25.9 Å². The number of allylic oxidation sites excluding steroid dienone is 14. The molecule has 378 valence electrons. The Labute approximate surface area is 400 Å². The van der Waals surface area contributed by atoms with Gasteiger partial charge in [-0.1, -0.05) is 170 Å². The highest BCUT2D eigenvalue weighted by Gasteiger charge is 2.28. The Hall–Kier alpha value is -3.34. The zero-order chi connectivity index (χ0) is 48.4. The normalized spacial score (nSPS) is 14.2. The summed E-state index contributed by atoms with van der Waals surface area (Å²) in [5.41, 5.74) is 0. The summed E-state index contributed by atoms with van der Waals surface area (Å²) in [4.78, 5) is 48.2. The molecule has 0 saturated heterocycles. The van der Waals surface area contributed by atoms with Gasteiger partial charge in [-0.05, 0) is 96.3 Å². The molecule has 0 amide bonds. The lowest BCUT2D eigenvalue weighted by Crippen LogP contribution is -2.30. The van der Waals surface area contributed by atoms with Crippen molar-refractivity contribution in [1.29, 1.82) is 0 Å². The summed E-state index contributed by atoms with van der Waals surface area (Å²) in [6.07, 6.45) is 52.9. The standard InChI is InChI=1S/C54H91O11P/c1-4-7-10-13-16-19-22-24-25-27-30-33-36-39-42-45-54(58)65-51(47-61-52(56)43-40-37-34-31-28-21-18-15-12-9-6-3)49-63-66(59,60)62-48-50(46-55)64-53(57)44-41-38-35-32-29-26-23-20-17-14-11-8-5-2/h8,11,15-20,24-26,29,35,38,50-51,55H,4-7,9-10,12-14,21-23,27-28,30-34,36-37,39-49H2,1-3H3,(H,59,60)/b11-8-,18-15-,19-16-,20-17-,25-24-,29-26-,38-35-. The molecule has 0 spiro atoms. The Morgan fingerprint density at radius 2 is 0.833 bits per heavy atom. The minimum atomic E-state index is -4.76. The first-order valence-electron chi connectivity index (χ1n) is 25.5. The molecule has 0 aliphatic heterocycles. The molecule has 3 unspecified atom stereocenters. The van der Waals surface area contributed by atoms with Crippen LogP contribution in [0, 0.1) is 0 Å². The van der Waals surface area contributed by atoms with E-state index in [2.05, 4.69) is 87.6 Å². The molecule has 2 N–H and O–H groups in total. The molecular weight excluding hydrogens is 856 g/mol. The number of esters is 3. The van der Waals surface area contributed by atoms with E-state index in [9.17, 15) is 28.9 Å². The molecule has 0 aromatic rings. The number of hydrogen-bond donors (Lipinski definition) is 2. The summed E-state index contributed by atoms with van der Waals surface area (Å²) in [6.45, 7) is 4.32. The quantitative estimate of drug-likeness (QED) is 0.0197. The van der Waals surface area contributed by atoms with Crippen LogP contribution in [0.2, 0.25) is 0 Å². The van der Waals surface area contributed by atoms with Crippen LogP contribution in [-0.4, -0.2) is 66.5 Å². The maximum atomic E-state index is 12.8. The highest BCUT2D eigenvalue weighted by atomic mass is 31.2. The van der Waals surface area contributed by atoms with E-state index in [0.29, 0.717) is 19.3 Å². The minimum Gasteiger partial charge on any atom is -0.462 e. The molecule has 0 fully saturated rings. The zero-order valence-corrected chi connectivity index (χ0v) is 42.3. The van der Waals surface area contributed by atoms with Crippen LogP contribution in [-0.2, 0) is 42.2 Å². The lowest BCUT2D eigenvalue weighted by Gasteiger charge is -2.21. The number of carbonyl (C=O) groups excluding carboxylic acids is 3. The van der Waals surface area contributed by atoms with Crippen LogP contribution >= 0.6 is 7.82 Å². The van der Waals surface area contributed by atoms with Gasteiger partial charge in [-0.15, -0.1) is 0 Å². The van der Waals surface area contributed by atoms with Crippen molar-refractivity contribution in [1.82, 2.24) is 0 Å². The van der Waals surface area contributed by atoms with Crippen LogP contribution in [0.1, 0.15) is 201 Å². The molecule has 0 aliphatic carbocycles. The van der Waals surface area contributed by atoms with Gasteiger partial charge in [-0.25, -0.2) is 4.57 Å². The molecule has 0 heterocycles. The highest BCUT2D eigenvalue weighted by Crippen LogP contribution is 2.43. The van der Waals surface area contributed by atoms with E-state index < -0.39 is 57.8 Å². The van der Waals surface area contributed by atoms with Crippen LogP contribution in [0.3, 0.4) is 0 Å². The number of phosphoric acid groups is 1. The fraction of sp³-hybridized carbons (Fsp3) is 0.685. The molecule has 0 rings (SSSR count). The lowest BCUT2D eigenvalue weighted by molar-refractivity contribution is -0.161. The summed E-state index contributed by atoms with van der Waals surface area (Å²) in [5, 5.41) is 9.75. The number of phosphoric ester groups is 1. The van der Waals surface area contributed by atoms with Gasteiger partial charge in [0.15, 0.2) is 6.10 Å². The molecule has 66 heavy (non-hydrogen) atoms. The van der Waals surface area contributed by atoms with Crippen LogP contribution in [0.25, 0.3) is 0 Å². The number of rotatable bonds is 46. The second kappa shape index (κ2) is 48.1. The van der Waals surface area contributed by atoms with Gasteiger partial charge >= 0.3 is 25.7 Å². The van der Waals surface area contributed by atoms with Crippen molar-refractivity contribution in [2.75, 3.05) is 26.4 Å². The Morgan fingerprint density at radius 3 is 1.36 bits per heavy atom. The van der Waals surface area contributed by atoms with E-state index in [1.807, 2.05) is 18.2 Å². The summed E-state index contributed by atoms with van der Waals surface area (Å²) in [6, 6.07) is 0. The first-order valence-corrected chi connectivity index (χ1v) is 27.0. The predicted molar refractivity (Wildman–Crippen MR) is 270 cm³/mol. The first-order chi connectivity index (χ1) is 32.2. The number of carbonyl (C=O) groups is 3. The average Bonchev–Trinajstić information content (AvgIpc) is 3.30. The van der Waals surface area contributed by atoms with E-state index in [1.165, 1.54) is 32.1 Å². The van der Waals surface area contributed by atoms with Crippen molar-refractivity contribution in [3.05, 3.63) is 85.1 Å². The van der Waals surface area contributed by atoms with Gasteiger partial charge in [-0.3, -0.25) is 23.4 Å². The van der Waals surface area contributed by atoms with E-state index in [4.69, 9.17) is 23.3 Å². The lowest BCUT2D eigenvalue weighted by atomic mass is 10.1. The van der Waals surface area contributed by atoms with Crippen LogP contribution in [0.5, 0.6) is 0 Å². The number of hydrogen-bond acceptors (Lipinski definition) is 10. The number of aliphatic hydroxyl groups excluding tert-OH is 1. The van der Waals surface area contributed by atoms with Crippen molar-refractivity contribution in [3.63, 3.8) is 0 Å². The fourth-order valence-corrected chi connectivity index (χ4v) is 7.16. The fourth-order valence-electron chi connectivity index (χ4n) is 6.38. The molecule has 0 aliphatic rings. The Bertz CT molecular complexity index is 1430. The van der Waals surface area contributed by atoms with Crippen LogP contribution < -0.4 is 0 Å².